The summed E-state index contributed by atoms with van der Waals surface area (Å²) in [6.45, 7) is 1.90. The Morgan fingerprint density at radius 2 is 1.93 bits per heavy atom. The van der Waals surface area contributed by atoms with Crippen molar-refractivity contribution in [1.82, 2.24) is 4.90 Å². The van der Waals surface area contributed by atoms with E-state index in [1.54, 1.807) is 12.1 Å². The van der Waals surface area contributed by atoms with Gasteiger partial charge in [-0.15, -0.1) is 0 Å². The summed E-state index contributed by atoms with van der Waals surface area (Å²) in [4.78, 5) is 37.2. The molecule has 1 N–H and O–H groups in total. The summed E-state index contributed by atoms with van der Waals surface area (Å²) in [6.07, 6.45) is 0.596. The van der Waals surface area contributed by atoms with Crippen LogP contribution in [0.4, 0.5) is 11.4 Å². The third-order valence-corrected chi connectivity index (χ3v) is 4.49. The molecular weight excluding hydrogens is 421 g/mol. The molecule has 0 heterocycles. The summed E-state index contributed by atoms with van der Waals surface area (Å²) in [5.74, 6) is -0.919. The number of anilines is 1. The quantitative estimate of drug-likeness (QED) is 0.484. The van der Waals surface area contributed by atoms with Crippen molar-refractivity contribution in [3.63, 3.8) is 0 Å². The maximum atomic E-state index is 12.8. The van der Waals surface area contributed by atoms with Crippen LogP contribution >= 0.6 is 23.2 Å². The van der Waals surface area contributed by atoms with Crippen molar-refractivity contribution in [3.05, 3.63) is 62.1 Å². The average molecular weight is 440 g/mol. The van der Waals surface area contributed by atoms with E-state index in [0.29, 0.717) is 23.7 Å². The number of methoxy groups -OCH3 is 1. The standard InChI is InChI=1S/C19H19Cl2N3O5/c1-3-8-23(11-18(25)22-15-6-5-13(20)10-14(15)21)19(26)12-4-7-17(29-2)16(9-12)24(27)28/h4-7,9-10H,3,8,11H2,1-2H3,(H,22,25). The second kappa shape index (κ2) is 10.1. The van der Waals surface area contributed by atoms with Gasteiger partial charge in [0.15, 0.2) is 5.75 Å². The molecule has 0 aliphatic rings. The van der Waals surface area contributed by atoms with Gasteiger partial charge in [0, 0.05) is 23.2 Å². The Hall–Kier alpha value is -2.84. The van der Waals surface area contributed by atoms with E-state index in [-0.39, 0.29) is 28.6 Å². The molecule has 0 fully saturated rings. The number of ether oxygens (including phenoxy) is 1. The van der Waals surface area contributed by atoms with Gasteiger partial charge in [-0.3, -0.25) is 19.7 Å². The van der Waals surface area contributed by atoms with Gasteiger partial charge in [0.2, 0.25) is 5.91 Å². The van der Waals surface area contributed by atoms with Crippen molar-refractivity contribution in [2.75, 3.05) is 25.5 Å². The van der Waals surface area contributed by atoms with Crippen LogP contribution in [-0.2, 0) is 4.79 Å². The minimum Gasteiger partial charge on any atom is -0.490 e. The van der Waals surface area contributed by atoms with Crippen LogP contribution in [0.15, 0.2) is 36.4 Å². The Morgan fingerprint density at radius 3 is 2.52 bits per heavy atom. The number of rotatable bonds is 8. The molecule has 0 aliphatic carbocycles. The highest BCUT2D eigenvalue weighted by molar-refractivity contribution is 6.36. The molecular formula is C19H19Cl2N3O5. The Labute approximate surface area is 177 Å². The topological polar surface area (TPSA) is 102 Å². The number of nitrogens with one attached hydrogen (secondary N) is 1. The van der Waals surface area contributed by atoms with E-state index in [1.165, 1.54) is 30.2 Å². The smallest absolute Gasteiger partial charge is 0.311 e. The molecule has 154 valence electrons. The van der Waals surface area contributed by atoms with Gasteiger partial charge in [-0.1, -0.05) is 30.1 Å². The Morgan fingerprint density at radius 1 is 1.21 bits per heavy atom. The van der Waals surface area contributed by atoms with E-state index in [0.717, 1.165) is 6.07 Å². The van der Waals surface area contributed by atoms with Crippen LogP contribution < -0.4 is 10.1 Å². The third kappa shape index (κ3) is 5.82. The van der Waals surface area contributed by atoms with E-state index >= 15 is 0 Å². The van der Waals surface area contributed by atoms with E-state index < -0.39 is 16.7 Å². The maximum Gasteiger partial charge on any atom is 0.311 e. The van der Waals surface area contributed by atoms with Crippen molar-refractivity contribution in [2.45, 2.75) is 13.3 Å². The van der Waals surface area contributed by atoms with Crippen LogP contribution in [-0.4, -0.2) is 41.8 Å². The Balaban J connectivity index is 2.20. The van der Waals surface area contributed by atoms with Crippen molar-refractivity contribution in [3.8, 4) is 5.75 Å². The monoisotopic (exact) mass is 439 g/mol. The molecule has 10 heteroatoms. The van der Waals surface area contributed by atoms with Crippen LogP contribution in [0, 0.1) is 10.1 Å². The lowest BCUT2D eigenvalue weighted by molar-refractivity contribution is -0.385. The number of carbonyl (C=O) groups excluding carboxylic acids is 2. The lowest BCUT2D eigenvalue weighted by Crippen LogP contribution is -2.38. The number of benzene rings is 2. The number of nitrogens with zero attached hydrogens (tertiary/aromatic N) is 2. The molecule has 0 aromatic heterocycles. The van der Waals surface area contributed by atoms with Crippen molar-refractivity contribution >= 4 is 46.4 Å². The van der Waals surface area contributed by atoms with Crippen LogP contribution in [0.3, 0.4) is 0 Å². The SMILES string of the molecule is CCCN(CC(=O)Nc1ccc(Cl)cc1Cl)C(=O)c1ccc(OC)c([N+](=O)[O-])c1. The zero-order chi connectivity index (χ0) is 21.6. The fourth-order valence-corrected chi connectivity index (χ4v) is 3.08. The molecule has 0 bridgehead atoms. The minimum absolute atomic E-state index is 0.0451. The normalized spacial score (nSPS) is 10.3. The fraction of sp³-hybridized carbons (Fsp3) is 0.263. The molecule has 2 aromatic rings. The molecule has 2 amide bonds. The van der Waals surface area contributed by atoms with Crippen LogP contribution in [0.5, 0.6) is 5.75 Å². The van der Waals surface area contributed by atoms with Gasteiger partial charge >= 0.3 is 5.69 Å². The number of nitro groups is 1. The molecule has 0 unspecified atom stereocenters. The first kappa shape index (κ1) is 22.4. The number of hydrogen-bond acceptors (Lipinski definition) is 5. The lowest BCUT2D eigenvalue weighted by Gasteiger charge is -2.22. The first-order valence-electron chi connectivity index (χ1n) is 8.63. The highest BCUT2D eigenvalue weighted by Crippen LogP contribution is 2.28. The predicted molar refractivity (Wildman–Crippen MR) is 111 cm³/mol. The molecule has 0 saturated heterocycles. The number of carbonyl (C=O) groups is 2. The average Bonchev–Trinajstić information content (AvgIpc) is 2.68. The summed E-state index contributed by atoms with van der Waals surface area (Å²) >= 11 is 11.9. The van der Waals surface area contributed by atoms with Crippen molar-refractivity contribution in [1.29, 1.82) is 0 Å². The number of amides is 2. The van der Waals surface area contributed by atoms with Gasteiger partial charge in [-0.05, 0) is 36.8 Å². The lowest BCUT2D eigenvalue weighted by atomic mass is 10.1. The summed E-state index contributed by atoms with van der Waals surface area (Å²) < 4.78 is 4.95. The highest BCUT2D eigenvalue weighted by Gasteiger charge is 2.23. The highest BCUT2D eigenvalue weighted by atomic mass is 35.5. The van der Waals surface area contributed by atoms with Gasteiger partial charge in [0.25, 0.3) is 5.91 Å². The molecule has 0 saturated carbocycles. The second-order valence-corrected chi connectivity index (χ2v) is 6.89. The number of halogens is 2. The first-order valence-corrected chi connectivity index (χ1v) is 9.39. The van der Waals surface area contributed by atoms with Gasteiger partial charge in [-0.25, -0.2) is 0 Å². The number of hydrogen-bond donors (Lipinski definition) is 1. The fourth-order valence-electron chi connectivity index (χ4n) is 2.62. The summed E-state index contributed by atoms with van der Waals surface area (Å²) in [5, 5.41) is 14.5. The van der Waals surface area contributed by atoms with Crippen molar-refractivity contribution in [2.24, 2.45) is 0 Å². The van der Waals surface area contributed by atoms with Gasteiger partial charge in [-0.2, -0.15) is 0 Å². The van der Waals surface area contributed by atoms with E-state index in [4.69, 9.17) is 27.9 Å². The molecule has 0 atom stereocenters. The molecule has 2 aromatic carbocycles. The molecule has 2 rings (SSSR count). The predicted octanol–water partition coefficient (Wildman–Crippen LogP) is 4.40. The molecule has 29 heavy (non-hydrogen) atoms. The second-order valence-electron chi connectivity index (χ2n) is 6.04. The molecule has 8 nitrogen and oxygen atoms in total. The molecule has 0 aliphatic heterocycles. The van der Waals surface area contributed by atoms with Gasteiger partial charge < -0.3 is 15.0 Å². The molecule has 0 radical (unpaired) electrons. The Bertz CT molecular complexity index is 936. The van der Waals surface area contributed by atoms with E-state index in [9.17, 15) is 19.7 Å². The van der Waals surface area contributed by atoms with Gasteiger partial charge in [0.05, 0.1) is 22.7 Å². The summed E-state index contributed by atoms with van der Waals surface area (Å²) in [5.41, 5.74) is 0.125. The third-order valence-electron chi connectivity index (χ3n) is 3.94. The van der Waals surface area contributed by atoms with E-state index in [1.807, 2.05) is 6.92 Å². The van der Waals surface area contributed by atoms with Crippen LogP contribution in [0.2, 0.25) is 10.0 Å². The summed E-state index contributed by atoms with van der Waals surface area (Å²) in [7, 11) is 1.31. The maximum absolute atomic E-state index is 12.8. The Kier molecular flexibility index (Phi) is 7.81. The first-order chi connectivity index (χ1) is 13.8. The van der Waals surface area contributed by atoms with Crippen LogP contribution in [0.1, 0.15) is 23.7 Å². The summed E-state index contributed by atoms with van der Waals surface area (Å²) in [6, 6.07) is 8.53. The number of nitro benzene ring substituents is 1. The van der Waals surface area contributed by atoms with Gasteiger partial charge in [0.1, 0.15) is 6.54 Å². The molecule has 0 spiro atoms. The zero-order valence-electron chi connectivity index (χ0n) is 15.8. The largest absolute Gasteiger partial charge is 0.490 e. The zero-order valence-corrected chi connectivity index (χ0v) is 17.3. The van der Waals surface area contributed by atoms with E-state index in [2.05, 4.69) is 5.32 Å². The van der Waals surface area contributed by atoms with Crippen molar-refractivity contribution < 1.29 is 19.2 Å². The van der Waals surface area contributed by atoms with Crippen LogP contribution in [0.25, 0.3) is 0 Å². The minimum atomic E-state index is -0.630.